The van der Waals surface area contributed by atoms with Gasteiger partial charge in [0.2, 0.25) is 5.91 Å². The van der Waals surface area contributed by atoms with Crippen molar-refractivity contribution in [2.75, 3.05) is 6.54 Å². The van der Waals surface area contributed by atoms with Gasteiger partial charge in [0.1, 0.15) is 11.7 Å². The fourth-order valence-corrected chi connectivity index (χ4v) is 3.52. The smallest absolute Gasteiger partial charge is 0.269 e. The van der Waals surface area contributed by atoms with E-state index in [0.717, 1.165) is 5.56 Å². The summed E-state index contributed by atoms with van der Waals surface area (Å²) in [5, 5.41) is 18.9. The fourth-order valence-electron chi connectivity index (χ4n) is 3.39. The van der Waals surface area contributed by atoms with Gasteiger partial charge in [-0.25, -0.2) is 9.67 Å². The van der Waals surface area contributed by atoms with Crippen LogP contribution in [0.15, 0.2) is 65.8 Å². The van der Waals surface area contributed by atoms with Gasteiger partial charge in [0.05, 0.1) is 30.6 Å². The fraction of sp³-hybridized carbons (Fsp3) is 0.182. The molecule has 1 N–H and O–H groups in total. The number of hydrogen-bond donors (Lipinski definition) is 1. The molecular formula is C22H19ClN6O4. The number of rotatable bonds is 8. The second-order valence-corrected chi connectivity index (χ2v) is 7.80. The molecule has 0 saturated carbocycles. The normalized spacial score (nSPS) is 10.9. The van der Waals surface area contributed by atoms with E-state index in [-0.39, 0.29) is 30.1 Å². The van der Waals surface area contributed by atoms with E-state index >= 15 is 0 Å². The van der Waals surface area contributed by atoms with Crippen molar-refractivity contribution in [3.63, 3.8) is 0 Å². The van der Waals surface area contributed by atoms with Gasteiger partial charge >= 0.3 is 0 Å². The highest BCUT2D eigenvalue weighted by Crippen LogP contribution is 2.14. The molecule has 2 aromatic carbocycles. The molecule has 0 fully saturated rings. The topological polar surface area (TPSA) is 125 Å². The van der Waals surface area contributed by atoms with Crippen LogP contribution in [0.2, 0.25) is 5.02 Å². The maximum absolute atomic E-state index is 12.8. The molecule has 11 heteroatoms. The summed E-state index contributed by atoms with van der Waals surface area (Å²) in [5.74, 6) is -0.138. The van der Waals surface area contributed by atoms with Crippen molar-refractivity contribution in [3.8, 4) is 0 Å². The first-order chi connectivity index (χ1) is 15.9. The maximum Gasteiger partial charge on any atom is 0.269 e. The molecule has 168 valence electrons. The van der Waals surface area contributed by atoms with Crippen molar-refractivity contribution in [3.05, 3.63) is 97.7 Å². The Hall–Kier alpha value is -4.05. The number of amides is 1. The van der Waals surface area contributed by atoms with E-state index in [4.69, 9.17) is 11.6 Å². The van der Waals surface area contributed by atoms with Gasteiger partial charge in [-0.2, -0.15) is 5.10 Å². The molecule has 2 heterocycles. The van der Waals surface area contributed by atoms with E-state index in [9.17, 15) is 19.7 Å². The van der Waals surface area contributed by atoms with Crippen molar-refractivity contribution in [1.29, 1.82) is 0 Å². The average molecular weight is 467 g/mol. The lowest BCUT2D eigenvalue weighted by atomic mass is 10.1. The van der Waals surface area contributed by atoms with E-state index in [1.54, 1.807) is 41.1 Å². The van der Waals surface area contributed by atoms with Crippen molar-refractivity contribution in [1.82, 2.24) is 24.6 Å². The Morgan fingerprint density at radius 2 is 1.94 bits per heavy atom. The summed E-state index contributed by atoms with van der Waals surface area (Å²) in [5.41, 5.74) is 1.53. The first kappa shape index (κ1) is 22.2. The molecule has 10 nitrogen and oxygen atoms in total. The van der Waals surface area contributed by atoms with E-state index in [1.165, 1.54) is 29.2 Å². The highest BCUT2D eigenvalue weighted by molar-refractivity contribution is 6.30. The lowest BCUT2D eigenvalue weighted by Crippen LogP contribution is -2.29. The quantitative estimate of drug-likeness (QED) is 0.314. The van der Waals surface area contributed by atoms with E-state index in [2.05, 4.69) is 15.4 Å². The summed E-state index contributed by atoms with van der Waals surface area (Å²) >= 11 is 5.85. The van der Waals surface area contributed by atoms with Crippen molar-refractivity contribution in [2.24, 2.45) is 0 Å². The molecule has 0 aliphatic heterocycles. The summed E-state index contributed by atoms with van der Waals surface area (Å²) in [6.07, 6.45) is 3.06. The Labute approximate surface area is 192 Å². The van der Waals surface area contributed by atoms with Crippen LogP contribution in [0.25, 0.3) is 11.0 Å². The standard InChI is InChI=1S/C22H19ClN6O4/c23-17-6-4-15(5-7-17)11-20(30)24-8-9-28-21-19(12-26-28)22(31)27(14-25-21)13-16-2-1-3-18(10-16)29(32)33/h1-7,10,12,14H,8-9,11,13H2,(H,24,30). The minimum absolute atomic E-state index is 0.0412. The van der Waals surface area contributed by atoms with Gasteiger partial charge in [0.25, 0.3) is 11.2 Å². The summed E-state index contributed by atoms with van der Waals surface area (Å²) in [6.45, 7) is 0.814. The molecule has 4 aromatic rings. The molecule has 0 atom stereocenters. The number of benzene rings is 2. The highest BCUT2D eigenvalue weighted by atomic mass is 35.5. The van der Waals surface area contributed by atoms with E-state index in [0.29, 0.717) is 34.7 Å². The second-order valence-electron chi connectivity index (χ2n) is 7.36. The maximum atomic E-state index is 12.8. The molecule has 1 amide bonds. The summed E-state index contributed by atoms with van der Waals surface area (Å²) < 4.78 is 2.93. The predicted octanol–water partition coefficient (Wildman–Crippen LogP) is 2.56. The number of carbonyl (C=O) groups excluding carboxylic acids is 1. The number of nitro groups is 1. The third-order valence-electron chi connectivity index (χ3n) is 5.02. The van der Waals surface area contributed by atoms with Crippen LogP contribution in [0.1, 0.15) is 11.1 Å². The lowest BCUT2D eigenvalue weighted by molar-refractivity contribution is -0.384. The monoisotopic (exact) mass is 466 g/mol. The Kier molecular flexibility index (Phi) is 6.45. The highest BCUT2D eigenvalue weighted by Gasteiger charge is 2.12. The first-order valence-electron chi connectivity index (χ1n) is 10.1. The van der Waals surface area contributed by atoms with Gasteiger partial charge in [0, 0.05) is 23.7 Å². The Morgan fingerprint density at radius 3 is 2.70 bits per heavy atom. The summed E-state index contributed by atoms with van der Waals surface area (Å²) in [6, 6.07) is 13.2. The number of halogens is 1. The average Bonchev–Trinajstić information content (AvgIpc) is 3.21. The van der Waals surface area contributed by atoms with Crippen LogP contribution in [-0.2, 0) is 24.3 Å². The summed E-state index contributed by atoms with van der Waals surface area (Å²) in [4.78, 5) is 39.8. The van der Waals surface area contributed by atoms with Crippen LogP contribution in [-0.4, -0.2) is 36.7 Å². The van der Waals surface area contributed by atoms with Crippen molar-refractivity contribution < 1.29 is 9.72 Å². The van der Waals surface area contributed by atoms with Crippen LogP contribution in [0.3, 0.4) is 0 Å². The van der Waals surface area contributed by atoms with Gasteiger partial charge in [-0.3, -0.25) is 24.3 Å². The number of fused-ring (bicyclic) bond motifs is 1. The predicted molar refractivity (Wildman–Crippen MR) is 122 cm³/mol. The van der Waals surface area contributed by atoms with Gasteiger partial charge in [-0.15, -0.1) is 0 Å². The van der Waals surface area contributed by atoms with E-state index < -0.39 is 4.92 Å². The number of nitro benzene ring substituents is 1. The Morgan fingerprint density at radius 1 is 1.15 bits per heavy atom. The Balaban J connectivity index is 1.41. The van der Waals surface area contributed by atoms with Crippen molar-refractivity contribution in [2.45, 2.75) is 19.5 Å². The third-order valence-corrected chi connectivity index (χ3v) is 5.27. The number of nitrogens with zero attached hydrogens (tertiary/aromatic N) is 5. The van der Waals surface area contributed by atoms with Crippen LogP contribution in [0.5, 0.6) is 0 Å². The molecule has 0 spiro atoms. The number of aromatic nitrogens is 4. The van der Waals surface area contributed by atoms with E-state index in [1.807, 2.05) is 0 Å². The SMILES string of the molecule is O=C(Cc1ccc(Cl)cc1)NCCn1ncc2c(=O)n(Cc3cccc([N+](=O)[O-])c3)cnc21. The third kappa shape index (κ3) is 5.24. The summed E-state index contributed by atoms with van der Waals surface area (Å²) in [7, 11) is 0. The van der Waals surface area contributed by atoms with Crippen molar-refractivity contribution >= 4 is 34.2 Å². The number of nitrogens with one attached hydrogen (secondary N) is 1. The zero-order valence-corrected chi connectivity index (χ0v) is 18.1. The first-order valence-corrected chi connectivity index (χ1v) is 10.4. The largest absolute Gasteiger partial charge is 0.354 e. The van der Waals surface area contributed by atoms with Gasteiger partial charge in [0.15, 0.2) is 5.65 Å². The molecule has 0 aliphatic carbocycles. The zero-order valence-electron chi connectivity index (χ0n) is 17.3. The zero-order chi connectivity index (χ0) is 23.4. The number of non-ortho nitro benzene ring substituents is 1. The van der Waals surface area contributed by atoms with Gasteiger partial charge in [-0.05, 0) is 23.3 Å². The van der Waals surface area contributed by atoms with Crippen LogP contribution >= 0.6 is 11.6 Å². The molecule has 0 bridgehead atoms. The molecule has 0 saturated heterocycles. The molecule has 4 rings (SSSR count). The lowest BCUT2D eigenvalue weighted by Gasteiger charge is -2.08. The molecular weight excluding hydrogens is 448 g/mol. The van der Waals surface area contributed by atoms with Gasteiger partial charge in [-0.1, -0.05) is 35.9 Å². The van der Waals surface area contributed by atoms with Crippen LogP contribution in [0.4, 0.5) is 5.69 Å². The molecule has 0 aliphatic rings. The number of carbonyl (C=O) groups is 1. The van der Waals surface area contributed by atoms with Gasteiger partial charge < -0.3 is 5.32 Å². The molecule has 0 radical (unpaired) electrons. The molecule has 0 unspecified atom stereocenters. The van der Waals surface area contributed by atoms with Crippen LogP contribution in [0, 0.1) is 10.1 Å². The second kappa shape index (κ2) is 9.61. The molecule has 2 aromatic heterocycles. The molecule has 33 heavy (non-hydrogen) atoms. The Bertz CT molecular complexity index is 1380. The minimum atomic E-state index is -0.480. The number of hydrogen-bond acceptors (Lipinski definition) is 6. The minimum Gasteiger partial charge on any atom is -0.354 e. The van der Waals surface area contributed by atoms with Crippen LogP contribution < -0.4 is 10.9 Å².